The fourth-order valence-electron chi connectivity index (χ4n) is 3.67. The van der Waals surface area contributed by atoms with Crippen molar-refractivity contribution < 1.29 is 19.5 Å². The fraction of sp³-hybridized carbons (Fsp3) is 0.727. The van der Waals surface area contributed by atoms with E-state index in [2.05, 4.69) is 5.32 Å². The van der Waals surface area contributed by atoms with Gasteiger partial charge in [0.2, 0.25) is 0 Å². The van der Waals surface area contributed by atoms with Crippen LogP contribution in [0.1, 0.15) is 25.7 Å². The Kier molecular flexibility index (Phi) is 1.99. The van der Waals surface area contributed by atoms with E-state index in [1.165, 1.54) is 0 Å². The largest absolute Gasteiger partial charge is 0.480 e. The van der Waals surface area contributed by atoms with E-state index in [-0.39, 0.29) is 11.8 Å². The first-order valence-corrected chi connectivity index (χ1v) is 5.89. The van der Waals surface area contributed by atoms with E-state index < -0.39 is 24.1 Å². The van der Waals surface area contributed by atoms with Gasteiger partial charge < -0.3 is 10.4 Å². The number of carboxylic acid groups (broad SMARTS) is 1. The highest BCUT2D eigenvalue weighted by atomic mass is 16.4. The molecule has 3 atom stereocenters. The number of carboxylic acids is 1. The molecule has 1 heterocycles. The number of nitrogens with zero attached hydrogens (tertiary/aromatic N) is 1. The van der Waals surface area contributed by atoms with Crippen molar-refractivity contribution in [2.75, 3.05) is 6.54 Å². The molecule has 0 aromatic heterocycles. The molecule has 0 aromatic rings. The second-order valence-electron chi connectivity index (χ2n) is 5.27. The van der Waals surface area contributed by atoms with E-state index in [9.17, 15) is 14.4 Å². The molecular formula is C11H14N2O4. The summed E-state index contributed by atoms with van der Waals surface area (Å²) in [4.78, 5) is 35.4. The number of amides is 3. The number of aliphatic carboxylic acids is 1. The Labute approximate surface area is 98.0 Å². The number of rotatable bonds is 2. The topological polar surface area (TPSA) is 86.7 Å². The maximum atomic E-state index is 12.2. The molecule has 0 radical (unpaired) electrons. The van der Waals surface area contributed by atoms with Crippen LogP contribution in [0.2, 0.25) is 0 Å². The molecule has 2 N–H and O–H groups in total. The van der Waals surface area contributed by atoms with Gasteiger partial charge in [-0.2, -0.15) is 0 Å². The minimum absolute atomic E-state index is 0.197. The standard InChI is InChI=1S/C11H14N2O4/c14-8(15)5-13-9(16)11(12-10(13)17)4-6-1-2-7(11)3-6/h6-7H,1-5H2,(H,12,17)(H,14,15). The molecule has 3 amide bonds. The van der Waals surface area contributed by atoms with Crippen LogP contribution in [-0.4, -0.2) is 40.0 Å². The molecule has 3 aliphatic rings. The zero-order valence-corrected chi connectivity index (χ0v) is 9.31. The Morgan fingerprint density at radius 3 is 2.76 bits per heavy atom. The van der Waals surface area contributed by atoms with Gasteiger partial charge in [0.25, 0.3) is 5.91 Å². The van der Waals surface area contributed by atoms with Crippen molar-refractivity contribution in [1.82, 2.24) is 10.2 Å². The molecule has 2 saturated carbocycles. The molecular weight excluding hydrogens is 224 g/mol. The third-order valence-electron chi connectivity index (χ3n) is 4.34. The Balaban J connectivity index is 1.88. The third kappa shape index (κ3) is 1.29. The lowest BCUT2D eigenvalue weighted by atomic mass is 9.81. The second kappa shape index (κ2) is 3.21. The highest BCUT2D eigenvalue weighted by molar-refractivity contribution is 6.09. The average molecular weight is 238 g/mol. The lowest BCUT2D eigenvalue weighted by Gasteiger charge is -2.30. The highest BCUT2D eigenvalue weighted by Gasteiger charge is 2.62. The first-order valence-electron chi connectivity index (χ1n) is 5.89. The normalized spacial score (nSPS) is 39.2. The maximum Gasteiger partial charge on any atom is 0.325 e. The summed E-state index contributed by atoms with van der Waals surface area (Å²) in [6.07, 6.45) is 3.73. The van der Waals surface area contributed by atoms with Gasteiger partial charge in [0.05, 0.1) is 0 Å². The minimum atomic E-state index is -1.16. The number of hydrogen-bond donors (Lipinski definition) is 2. The quantitative estimate of drug-likeness (QED) is 0.672. The molecule has 92 valence electrons. The summed E-state index contributed by atoms with van der Waals surface area (Å²) in [6.45, 7) is -0.538. The maximum absolute atomic E-state index is 12.2. The summed E-state index contributed by atoms with van der Waals surface area (Å²) >= 11 is 0. The Bertz CT molecular complexity index is 422. The first kappa shape index (κ1) is 10.6. The van der Waals surface area contributed by atoms with E-state index in [1.54, 1.807) is 0 Å². The number of hydrogen-bond acceptors (Lipinski definition) is 3. The van der Waals surface area contributed by atoms with E-state index in [0.29, 0.717) is 12.3 Å². The number of urea groups is 1. The lowest BCUT2D eigenvalue weighted by Crippen LogP contribution is -2.51. The SMILES string of the molecule is O=C(O)CN1C(=O)NC2(CC3CCC2C3)C1=O. The van der Waals surface area contributed by atoms with Crippen molar-refractivity contribution >= 4 is 17.9 Å². The molecule has 1 spiro atoms. The van der Waals surface area contributed by atoms with E-state index in [0.717, 1.165) is 24.2 Å². The first-order chi connectivity index (χ1) is 8.03. The summed E-state index contributed by atoms with van der Waals surface area (Å²) in [5.74, 6) is -0.789. The van der Waals surface area contributed by atoms with Crippen LogP contribution < -0.4 is 5.32 Å². The summed E-state index contributed by atoms with van der Waals surface area (Å²) < 4.78 is 0. The summed E-state index contributed by atoms with van der Waals surface area (Å²) in [6, 6.07) is -0.551. The van der Waals surface area contributed by atoms with Gasteiger partial charge in [-0.05, 0) is 37.5 Å². The number of fused-ring (bicyclic) bond motifs is 3. The molecule has 6 heteroatoms. The average Bonchev–Trinajstić information content (AvgIpc) is 2.89. The number of imide groups is 1. The number of nitrogens with one attached hydrogen (secondary N) is 1. The smallest absolute Gasteiger partial charge is 0.325 e. The van der Waals surface area contributed by atoms with Gasteiger partial charge in [0.15, 0.2) is 0 Å². The van der Waals surface area contributed by atoms with Crippen molar-refractivity contribution in [2.24, 2.45) is 11.8 Å². The van der Waals surface area contributed by atoms with Gasteiger partial charge in [-0.25, -0.2) is 4.79 Å². The van der Waals surface area contributed by atoms with Crippen LogP contribution in [0.3, 0.4) is 0 Å². The van der Waals surface area contributed by atoms with Crippen molar-refractivity contribution in [2.45, 2.75) is 31.2 Å². The van der Waals surface area contributed by atoms with Gasteiger partial charge in [0, 0.05) is 0 Å². The van der Waals surface area contributed by atoms with Crippen LogP contribution in [0, 0.1) is 11.8 Å². The van der Waals surface area contributed by atoms with Gasteiger partial charge in [-0.3, -0.25) is 14.5 Å². The summed E-state index contributed by atoms with van der Waals surface area (Å²) in [7, 11) is 0. The van der Waals surface area contributed by atoms with Crippen molar-refractivity contribution in [3.63, 3.8) is 0 Å². The molecule has 3 unspecified atom stereocenters. The second-order valence-corrected chi connectivity index (χ2v) is 5.27. The van der Waals surface area contributed by atoms with E-state index in [4.69, 9.17) is 5.11 Å². The zero-order valence-electron chi connectivity index (χ0n) is 9.31. The summed E-state index contributed by atoms with van der Waals surface area (Å²) in [5.41, 5.74) is -0.782. The van der Waals surface area contributed by atoms with E-state index >= 15 is 0 Å². The summed E-state index contributed by atoms with van der Waals surface area (Å²) in [5, 5.41) is 11.4. The minimum Gasteiger partial charge on any atom is -0.480 e. The fourth-order valence-corrected chi connectivity index (χ4v) is 3.67. The molecule has 17 heavy (non-hydrogen) atoms. The Hall–Kier alpha value is -1.59. The van der Waals surface area contributed by atoms with Crippen LogP contribution >= 0.6 is 0 Å². The Morgan fingerprint density at radius 1 is 1.47 bits per heavy atom. The van der Waals surface area contributed by atoms with Crippen molar-refractivity contribution in [3.05, 3.63) is 0 Å². The highest BCUT2D eigenvalue weighted by Crippen LogP contribution is 2.52. The van der Waals surface area contributed by atoms with Gasteiger partial charge >= 0.3 is 12.0 Å². The molecule has 1 aliphatic heterocycles. The van der Waals surface area contributed by atoms with Crippen molar-refractivity contribution in [3.8, 4) is 0 Å². The molecule has 1 saturated heterocycles. The number of carbonyl (C=O) groups is 3. The predicted molar refractivity (Wildman–Crippen MR) is 56.1 cm³/mol. The molecule has 2 aliphatic carbocycles. The van der Waals surface area contributed by atoms with Crippen LogP contribution in [0.15, 0.2) is 0 Å². The van der Waals surface area contributed by atoms with Gasteiger partial charge in [-0.1, -0.05) is 0 Å². The molecule has 3 rings (SSSR count). The number of carbonyl (C=O) groups excluding carboxylic acids is 2. The van der Waals surface area contributed by atoms with Crippen LogP contribution in [0.4, 0.5) is 4.79 Å². The molecule has 3 fully saturated rings. The molecule has 6 nitrogen and oxygen atoms in total. The van der Waals surface area contributed by atoms with Crippen LogP contribution in [-0.2, 0) is 9.59 Å². The lowest BCUT2D eigenvalue weighted by molar-refractivity contribution is -0.143. The predicted octanol–water partition coefficient (Wildman–Crippen LogP) is 0.182. The molecule has 2 bridgehead atoms. The van der Waals surface area contributed by atoms with Crippen LogP contribution in [0.5, 0.6) is 0 Å². The Morgan fingerprint density at radius 2 is 2.24 bits per heavy atom. The van der Waals surface area contributed by atoms with Crippen LogP contribution in [0.25, 0.3) is 0 Å². The third-order valence-corrected chi connectivity index (χ3v) is 4.34. The van der Waals surface area contributed by atoms with Gasteiger partial charge in [-0.15, -0.1) is 0 Å². The molecule has 0 aromatic carbocycles. The van der Waals surface area contributed by atoms with E-state index in [1.807, 2.05) is 0 Å². The van der Waals surface area contributed by atoms with Gasteiger partial charge in [0.1, 0.15) is 12.1 Å². The van der Waals surface area contributed by atoms with Crippen molar-refractivity contribution in [1.29, 1.82) is 0 Å². The zero-order chi connectivity index (χ0) is 12.2. The monoisotopic (exact) mass is 238 g/mol.